The third kappa shape index (κ3) is 3.34. The van der Waals surface area contributed by atoms with Crippen molar-refractivity contribution in [3.63, 3.8) is 0 Å². The van der Waals surface area contributed by atoms with E-state index in [9.17, 15) is 9.90 Å². The molecule has 2 atom stereocenters. The van der Waals surface area contributed by atoms with Crippen LogP contribution in [0.5, 0.6) is 0 Å². The van der Waals surface area contributed by atoms with Crippen molar-refractivity contribution in [1.29, 1.82) is 0 Å². The molecule has 0 saturated heterocycles. The minimum atomic E-state index is -0.927. The van der Waals surface area contributed by atoms with Crippen LogP contribution < -0.4 is 5.32 Å². The van der Waals surface area contributed by atoms with Crippen LogP contribution in [0.2, 0.25) is 0 Å². The number of benzene rings is 1. The molecule has 0 amide bonds. The number of hydrogen-bond acceptors (Lipinski definition) is 3. The van der Waals surface area contributed by atoms with Crippen LogP contribution in [0.25, 0.3) is 0 Å². The van der Waals surface area contributed by atoms with E-state index in [0.29, 0.717) is 0 Å². The lowest BCUT2D eigenvalue weighted by atomic mass is 10.00. The van der Waals surface area contributed by atoms with Crippen LogP contribution in [0.4, 0.5) is 0 Å². The van der Waals surface area contributed by atoms with Gasteiger partial charge in [0.15, 0.2) is 0 Å². The van der Waals surface area contributed by atoms with Crippen LogP contribution in [0.3, 0.4) is 0 Å². The molecule has 82 valence electrons. The first-order valence-electron chi connectivity index (χ1n) is 4.77. The second-order valence-corrected chi connectivity index (χ2v) is 3.35. The zero-order valence-electron chi connectivity index (χ0n) is 8.55. The average molecular weight is 209 g/mol. The molecule has 0 bridgehead atoms. The van der Waals surface area contributed by atoms with Gasteiger partial charge in [-0.25, -0.2) is 0 Å². The molecular formula is C11H15NO3. The van der Waals surface area contributed by atoms with E-state index in [0.717, 1.165) is 5.56 Å². The summed E-state index contributed by atoms with van der Waals surface area (Å²) >= 11 is 0. The van der Waals surface area contributed by atoms with E-state index < -0.39 is 18.1 Å². The molecule has 0 radical (unpaired) electrons. The summed E-state index contributed by atoms with van der Waals surface area (Å²) in [4.78, 5) is 10.6. The largest absolute Gasteiger partial charge is 0.481 e. The molecule has 0 aliphatic rings. The molecule has 4 heteroatoms. The van der Waals surface area contributed by atoms with Crippen molar-refractivity contribution in [2.24, 2.45) is 0 Å². The summed E-state index contributed by atoms with van der Waals surface area (Å²) in [5.41, 5.74) is 0.720. The van der Waals surface area contributed by atoms with Gasteiger partial charge in [0, 0.05) is 6.04 Å². The summed E-state index contributed by atoms with van der Waals surface area (Å²) in [7, 11) is 1.64. The Labute approximate surface area is 88.6 Å². The number of rotatable bonds is 5. The lowest BCUT2D eigenvalue weighted by Crippen LogP contribution is -2.34. The quantitative estimate of drug-likeness (QED) is 0.670. The monoisotopic (exact) mass is 209 g/mol. The molecule has 1 aromatic rings. The van der Waals surface area contributed by atoms with Crippen molar-refractivity contribution >= 4 is 5.97 Å². The molecule has 0 aliphatic heterocycles. The molecule has 1 aromatic carbocycles. The summed E-state index contributed by atoms with van der Waals surface area (Å²) in [5, 5.41) is 21.4. The van der Waals surface area contributed by atoms with Gasteiger partial charge in [0.2, 0.25) is 0 Å². The Morgan fingerprint density at radius 3 is 2.47 bits per heavy atom. The fourth-order valence-corrected chi connectivity index (χ4v) is 1.44. The SMILES string of the molecule is CNC(CC(=O)O)C(O)c1ccccc1. The molecule has 0 aromatic heterocycles. The predicted molar refractivity (Wildman–Crippen MR) is 56.5 cm³/mol. The van der Waals surface area contributed by atoms with E-state index in [2.05, 4.69) is 5.32 Å². The molecular weight excluding hydrogens is 194 g/mol. The Balaban J connectivity index is 2.73. The number of carboxylic acid groups (broad SMARTS) is 1. The summed E-state index contributed by atoms with van der Waals surface area (Å²) < 4.78 is 0. The number of hydrogen-bond donors (Lipinski definition) is 3. The molecule has 0 aliphatic carbocycles. The van der Waals surface area contributed by atoms with Gasteiger partial charge in [-0.3, -0.25) is 4.79 Å². The third-order valence-corrected chi connectivity index (χ3v) is 2.29. The second kappa shape index (κ2) is 5.48. The topological polar surface area (TPSA) is 69.6 Å². The summed E-state index contributed by atoms with van der Waals surface area (Å²) in [5.74, 6) is -0.927. The number of aliphatic hydroxyl groups is 1. The first-order chi connectivity index (χ1) is 7.15. The Morgan fingerprint density at radius 1 is 1.40 bits per heavy atom. The van der Waals surface area contributed by atoms with E-state index in [1.165, 1.54) is 0 Å². The molecule has 15 heavy (non-hydrogen) atoms. The van der Waals surface area contributed by atoms with Crippen LogP contribution in [0, 0.1) is 0 Å². The van der Waals surface area contributed by atoms with E-state index in [4.69, 9.17) is 5.11 Å². The van der Waals surface area contributed by atoms with Gasteiger partial charge in [0.25, 0.3) is 0 Å². The van der Waals surface area contributed by atoms with Gasteiger partial charge < -0.3 is 15.5 Å². The first-order valence-corrected chi connectivity index (χ1v) is 4.77. The standard InChI is InChI=1S/C11H15NO3/c1-12-9(7-10(13)14)11(15)8-5-3-2-4-6-8/h2-6,9,11-12,15H,7H2,1H3,(H,13,14). The smallest absolute Gasteiger partial charge is 0.305 e. The number of aliphatic hydroxyl groups excluding tert-OH is 1. The number of nitrogens with one attached hydrogen (secondary N) is 1. The fraction of sp³-hybridized carbons (Fsp3) is 0.364. The molecule has 3 N–H and O–H groups in total. The van der Waals surface area contributed by atoms with Crippen LogP contribution in [0.15, 0.2) is 30.3 Å². The lowest BCUT2D eigenvalue weighted by molar-refractivity contribution is -0.138. The van der Waals surface area contributed by atoms with Crippen molar-refractivity contribution in [3.8, 4) is 0 Å². The number of carboxylic acids is 1. The predicted octanol–water partition coefficient (Wildman–Crippen LogP) is 0.783. The zero-order valence-corrected chi connectivity index (χ0v) is 8.55. The van der Waals surface area contributed by atoms with Crippen molar-refractivity contribution in [1.82, 2.24) is 5.32 Å². The highest BCUT2D eigenvalue weighted by Crippen LogP contribution is 2.18. The summed E-state index contributed by atoms with van der Waals surface area (Å²) in [6.45, 7) is 0. The first kappa shape index (κ1) is 11.7. The maximum atomic E-state index is 10.6. The van der Waals surface area contributed by atoms with Crippen LogP contribution in [-0.2, 0) is 4.79 Å². The van der Waals surface area contributed by atoms with Crippen LogP contribution in [-0.4, -0.2) is 29.3 Å². The zero-order chi connectivity index (χ0) is 11.3. The average Bonchev–Trinajstić information content (AvgIpc) is 2.26. The van der Waals surface area contributed by atoms with Gasteiger partial charge in [0.05, 0.1) is 12.5 Å². The van der Waals surface area contributed by atoms with Crippen molar-refractivity contribution in [2.45, 2.75) is 18.6 Å². The molecule has 4 nitrogen and oxygen atoms in total. The van der Waals surface area contributed by atoms with Gasteiger partial charge in [-0.15, -0.1) is 0 Å². The number of likely N-dealkylation sites (N-methyl/N-ethyl adjacent to an activating group) is 1. The molecule has 1 rings (SSSR count). The van der Waals surface area contributed by atoms with Gasteiger partial charge in [0.1, 0.15) is 0 Å². The van der Waals surface area contributed by atoms with Crippen molar-refractivity contribution in [2.75, 3.05) is 7.05 Å². The van der Waals surface area contributed by atoms with Gasteiger partial charge in [-0.1, -0.05) is 30.3 Å². The summed E-state index contributed by atoms with van der Waals surface area (Å²) in [6.07, 6.45) is -0.903. The molecule has 2 unspecified atom stereocenters. The number of carbonyl (C=O) groups is 1. The third-order valence-electron chi connectivity index (χ3n) is 2.29. The van der Waals surface area contributed by atoms with E-state index >= 15 is 0 Å². The number of aliphatic carboxylic acids is 1. The normalized spacial score (nSPS) is 14.5. The highest BCUT2D eigenvalue weighted by Gasteiger charge is 2.21. The lowest BCUT2D eigenvalue weighted by Gasteiger charge is -2.21. The maximum Gasteiger partial charge on any atom is 0.305 e. The Bertz CT molecular complexity index is 313. The minimum absolute atomic E-state index is 0.105. The maximum absolute atomic E-state index is 10.6. The van der Waals surface area contributed by atoms with E-state index in [1.807, 2.05) is 18.2 Å². The van der Waals surface area contributed by atoms with Crippen LogP contribution >= 0.6 is 0 Å². The van der Waals surface area contributed by atoms with Gasteiger partial charge in [-0.05, 0) is 12.6 Å². The van der Waals surface area contributed by atoms with E-state index in [1.54, 1.807) is 19.2 Å². The van der Waals surface area contributed by atoms with Gasteiger partial charge in [-0.2, -0.15) is 0 Å². The van der Waals surface area contributed by atoms with Gasteiger partial charge >= 0.3 is 5.97 Å². The Hall–Kier alpha value is -1.39. The molecule has 0 spiro atoms. The Morgan fingerprint density at radius 2 is 2.00 bits per heavy atom. The minimum Gasteiger partial charge on any atom is -0.481 e. The molecule has 0 heterocycles. The fourth-order valence-electron chi connectivity index (χ4n) is 1.44. The Kier molecular flexibility index (Phi) is 4.27. The molecule has 0 saturated carbocycles. The van der Waals surface area contributed by atoms with Crippen molar-refractivity contribution < 1.29 is 15.0 Å². The molecule has 0 fully saturated rings. The van der Waals surface area contributed by atoms with Crippen molar-refractivity contribution in [3.05, 3.63) is 35.9 Å². The highest BCUT2D eigenvalue weighted by atomic mass is 16.4. The summed E-state index contributed by atoms with van der Waals surface area (Å²) in [6, 6.07) is 8.55. The van der Waals surface area contributed by atoms with Crippen LogP contribution in [0.1, 0.15) is 18.1 Å². The van der Waals surface area contributed by atoms with E-state index in [-0.39, 0.29) is 6.42 Å². The second-order valence-electron chi connectivity index (χ2n) is 3.35. The highest BCUT2D eigenvalue weighted by molar-refractivity contribution is 5.67.